The molecule has 2 aromatic carbocycles. The fourth-order valence-corrected chi connectivity index (χ4v) is 4.48. The number of nitrogens with one attached hydrogen (secondary N) is 1. The Balaban J connectivity index is 1.27. The van der Waals surface area contributed by atoms with Gasteiger partial charge in [-0.15, -0.1) is 5.10 Å². The zero-order valence-corrected chi connectivity index (χ0v) is 22.9. The molecule has 1 amide bonds. The molecule has 1 fully saturated rings. The average Bonchev–Trinajstić information content (AvgIpc) is 3.50. The molecule has 0 unspecified atom stereocenters. The molecule has 0 aliphatic carbocycles. The van der Waals surface area contributed by atoms with Crippen molar-refractivity contribution in [2.24, 2.45) is 0 Å². The summed E-state index contributed by atoms with van der Waals surface area (Å²) in [6.45, 7) is 2.26. The molecule has 1 aliphatic heterocycles. The van der Waals surface area contributed by atoms with Gasteiger partial charge in [-0.1, -0.05) is 6.07 Å². The molecule has 0 saturated carbocycles. The predicted octanol–water partition coefficient (Wildman–Crippen LogP) is 4.09. The van der Waals surface area contributed by atoms with Gasteiger partial charge in [0, 0.05) is 49.5 Å². The summed E-state index contributed by atoms with van der Waals surface area (Å²) in [6.07, 6.45) is 3.74. The molecule has 2 aromatic heterocycles. The Hall–Kier alpha value is -5.19. The summed E-state index contributed by atoms with van der Waals surface area (Å²) in [5.74, 6) is -1.99. The Morgan fingerprint density at radius 3 is 2.55 bits per heavy atom. The molecule has 1 N–H and O–H groups in total. The molecule has 14 heteroatoms. The van der Waals surface area contributed by atoms with E-state index in [9.17, 15) is 18.8 Å². The number of anilines is 2. The highest BCUT2D eigenvalue weighted by atomic mass is 19.3. The maximum Gasteiger partial charge on any atom is 0.253 e. The molecule has 1 atom stereocenters. The third-order valence-corrected chi connectivity index (χ3v) is 6.73. The first kappa shape index (κ1) is 28.3. The number of ether oxygens (including phenoxy) is 2. The van der Waals surface area contributed by atoms with Crippen LogP contribution in [0.4, 0.5) is 20.4 Å². The number of carbonyl (C=O) groups excluding carboxylic acids is 1. The van der Waals surface area contributed by atoms with Crippen LogP contribution in [-0.4, -0.2) is 73.2 Å². The zero-order valence-electron chi connectivity index (χ0n) is 22.9. The van der Waals surface area contributed by atoms with Crippen LogP contribution in [0.2, 0.25) is 0 Å². The fourth-order valence-electron chi connectivity index (χ4n) is 4.48. The Morgan fingerprint density at radius 1 is 1.12 bits per heavy atom. The molecule has 0 spiro atoms. The monoisotopic (exact) mass is 575 g/mol. The summed E-state index contributed by atoms with van der Waals surface area (Å²) in [6, 6.07) is 12.2. The third kappa shape index (κ3) is 6.57. The maximum absolute atomic E-state index is 13.5. The Labute approximate surface area is 239 Å². The molecule has 1 saturated heterocycles. The number of benzene rings is 2. The molecule has 1 aliphatic rings. The quantitative estimate of drug-likeness (QED) is 0.310. The van der Waals surface area contributed by atoms with E-state index < -0.39 is 5.92 Å². The van der Waals surface area contributed by atoms with E-state index in [0.29, 0.717) is 40.4 Å². The van der Waals surface area contributed by atoms with E-state index in [1.807, 2.05) is 6.92 Å². The molecule has 4 aromatic rings. The van der Waals surface area contributed by atoms with Gasteiger partial charge in [-0.25, -0.2) is 23.4 Å². The molecule has 5 rings (SSSR count). The number of likely N-dealkylation sites (tertiary alicyclic amines) is 1. The fraction of sp³-hybridized carbons (Fsp3) is 0.321. The van der Waals surface area contributed by atoms with Gasteiger partial charge in [-0.3, -0.25) is 4.79 Å². The van der Waals surface area contributed by atoms with Gasteiger partial charge < -0.3 is 19.7 Å². The number of nitrogens with zero attached hydrogens (tertiary/aromatic N) is 8. The van der Waals surface area contributed by atoms with Crippen LogP contribution in [0, 0.1) is 11.3 Å². The number of amides is 1. The average molecular weight is 576 g/mol. The van der Waals surface area contributed by atoms with Crippen molar-refractivity contribution in [1.82, 2.24) is 35.1 Å². The van der Waals surface area contributed by atoms with Crippen molar-refractivity contribution in [3.63, 3.8) is 0 Å². The summed E-state index contributed by atoms with van der Waals surface area (Å²) >= 11 is 0. The van der Waals surface area contributed by atoms with Gasteiger partial charge >= 0.3 is 0 Å². The number of aromatic nitrogens is 6. The van der Waals surface area contributed by atoms with Gasteiger partial charge in [-0.05, 0) is 53.2 Å². The highest BCUT2D eigenvalue weighted by Crippen LogP contribution is 2.32. The van der Waals surface area contributed by atoms with Gasteiger partial charge in [0.2, 0.25) is 5.95 Å². The minimum Gasteiger partial charge on any atom is -0.495 e. The van der Waals surface area contributed by atoms with Crippen molar-refractivity contribution in [1.29, 1.82) is 5.26 Å². The van der Waals surface area contributed by atoms with Crippen LogP contribution in [0.3, 0.4) is 0 Å². The van der Waals surface area contributed by atoms with Crippen molar-refractivity contribution >= 4 is 17.5 Å². The van der Waals surface area contributed by atoms with Gasteiger partial charge in [0.05, 0.1) is 24.9 Å². The van der Waals surface area contributed by atoms with E-state index in [2.05, 4.69) is 36.9 Å². The normalized spacial score (nSPS) is 15.0. The number of methoxy groups -OCH3 is 1. The summed E-state index contributed by atoms with van der Waals surface area (Å²) in [7, 11) is 1.47. The second-order valence-corrected chi connectivity index (χ2v) is 9.77. The van der Waals surface area contributed by atoms with Crippen LogP contribution >= 0.6 is 0 Å². The second-order valence-electron chi connectivity index (χ2n) is 9.77. The van der Waals surface area contributed by atoms with Crippen molar-refractivity contribution in [3.8, 4) is 28.7 Å². The smallest absolute Gasteiger partial charge is 0.253 e. The molecule has 42 heavy (non-hydrogen) atoms. The Bertz CT molecular complexity index is 1580. The van der Waals surface area contributed by atoms with Crippen LogP contribution in [0.25, 0.3) is 11.1 Å². The first-order valence-electron chi connectivity index (χ1n) is 13.1. The van der Waals surface area contributed by atoms with Crippen LogP contribution in [0.15, 0.2) is 55.1 Å². The third-order valence-electron chi connectivity index (χ3n) is 6.73. The number of rotatable bonds is 9. The summed E-state index contributed by atoms with van der Waals surface area (Å²) < 4.78 is 40.0. The number of halogens is 2. The number of hydrogen-bond acceptors (Lipinski definition) is 10. The first-order chi connectivity index (χ1) is 20.2. The summed E-state index contributed by atoms with van der Waals surface area (Å²) in [5, 5.41) is 23.7. The minimum atomic E-state index is -2.73. The molecule has 3 heterocycles. The predicted molar refractivity (Wildman–Crippen MR) is 146 cm³/mol. The van der Waals surface area contributed by atoms with Gasteiger partial charge in [0.1, 0.15) is 30.0 Å². The van der Waals surface area contributed by atoms with Crippen LogP contribution in [0.5, 0.6) is 11.5 Å². The number of tetrazole rings is 1. The SMILES string of the molecule is COc1cc(C(=O)N2CCC(F)(F)CC2)ccc1Nc1ncc(-c2ccc(C#N)c(O[C@@H](C)Cn3cnnn3)c2)cn1. The number of hydrogen-bond donors (Lipinski definition) is 1. The molecule has 0 bridgehead atoms. The Kier molecular flexibility index (Phi) is 8.19. The van der Waals surface area contributed by atoms with Gasteiger partial charge in [0.15, 0.2) is 0 Å². The molecule has 216 valence electrons. The molecular formula is C28H27F2N9O3. The lowest BCUT2D eigenvalue weighted by atomic mass is 10.1. The van der Waals surface area contributed by atoms with Crippen molar-refractivity contribution in [2.75, 3.05) is 25.5 Å². The maximum atomic E-state index is 13.5. The van der Waals surface area contributed by atoms with E-state index >= 15 is 0 Å². The highest BCUT2D eigenvalue weighted by molar-refractivity contribution is 5.95. The Morgan fingerprint density at radius 2 is 1.88 bits per heavy atom. The lowest BCUT2D eigenvalue weighted by Crippen LogP contribution is -2.42. The number of alkyl halides is 2. The van der Waals surface area contributed by atoms with E-state index in [1.165, 1.54) is 18.3 Å². The largest absolute Gasteiger partial charge is 0.495 e. The molecular weight excluding hydrogens is 548 g/mol. The highest BCUT2D eigenvalue weighted by Gasteiger charge is 2.35. The van der Waals surface area contributed by atoms with Crippen molar-refractivity contribution in [3.05, 3.63) is 66.2 Å². The van der Waals surface area contributed by atoms with Gasteiger partial charge in [0.25, 0.3) is 11.8 Å². The van der Waals surface area contributed by atoms with E-state index in [4.69, 9.17) is 9.47 Å². The summed E-state index contributed by atoms with van der Waals surface area (Å²) in [4.78, 5) is 23.1. The lowest BCUT2D eigenvalue weighted by Gasteiger charge is -2.31. The van der Waals surface area contributed by atoms with Crippen LogP contribution in [-0.2, 0) is 6.54 Å². The zero-order chi connectivity index (χ0) is 29.7. The van der Waals surface area contributed by atoms with Crippen LogP contribution < -0.4 is 14.8 Å². The number of nitriles is 1. The minimum absolute atomic E-state index is 0.000921. The second kappa shape index (κ2) is 12.1. The summed E-state index contributed by atoms with van der Waals surface area (Å²) in [5.41, 5.74) is 2.69. The number of piperidine rings is 1. The molecule has 12 nitrogen and oxygen atoms in total. The van der Waals surface area contributed by atoms with E-state index in [-0.39, 0.29) is 43.9 Å². The number of carbonyl (C=O) groups is 1. The van der Waals surface area contributed by atoms with E-state index in [1.54, 1.807) is 53.5 Å². The van der Waals surface area contributed by atoms with Crippen LogP contribution in [0.1, 0.15) is 35.7 Å². The molecule has 0 radical (unpaired) electrons. The first-order valence-corrected chi connectivity index (χ1v) is 13.1. The topological polar surface area (TPSA) is 144 Å². The van der Waals surface area contributed by atoms with Gasteiger partial charge in [-0.2, -0.15) is 5.26 Å². The van der Waals surface area contributed by atoms with Crippen molar-refractivity contribution < 1.29 is 23.0 Å². The van der Waals surface area contributed by atoms with Crippen molar-refractivity contribution in [2.45, 2.75) is 38.3 Å². The lowest BCUT2D eigenvalue weighted by molar-refractivity contribution is -0.0494. The standard InChI is InChI=1S/C28H27F2N9O3/c1-18(16-39-17-34-36-37-39)42-24-11-19(3-4-21(24)13-31)22-14-32-27(33-15-22)35-23-6-5-20(12-25(23)41-2)26(40)38-9-7-28(29,30)8-10-38/h3-6,11-12,14-15,17-18H,7-10,16H2,1-2H3,(H,32,33,35)/t18-/m0/s1. The van der Waals surface area contributed by atoms with E-state index in [0.717, 1.165) is 5.56 Å².